The van der Waals surface area contributed by atoms with Crippen LogP contribution in [0.25, 0.3) is 22.2 Å². The molecule has 188 valence electrons. The molecule has 0 amide bonds. The largest absolute Gasteiger partial charge is 0.417 e. The lowest BCUT2D eigenvalue weighted by Crippen LogP contribution is -2.31. The maximum absolute atomic E-state index is 13.7. The van der Waals surface area contributed by atoms with Gasteiger partial charge in [-0.05, 0) is 73.4 Å². The number of hydrogen-bond acceptors (Lipinski definition) is 4. The number of imidazole rings is 1. The number of aromatic amines is 1. The topological polar surface area (TPSA) is 59.5 Å². The second-order valence-electron chi connectivity index (χ2n) is 9.31. The Labute approximate surface area is 208 Å². The summed E-state index contributed by atoms with van der Waals surface area (Å²) in [6.07, 6.45) is 3.11. The highest BCUT2D eigenvalue weighted by atomic mass is 35.5. The van der Waals surface area contributed by atoms with E-state index in [2.05, 4.69) is 10.1 Å². The van der Waals surface area contributed by atoms with Crippen molar-refractivity contribution in [1.82, 2.24) is 9.97 Å². The van der Waals surface area contributed by atoms with Crippen molar-refractivity contribution in [2.24, 2.45) is 5.16 Å². The number of aryl methyl sites for hydroxylation is 1. The Morgan fingerprint density at radius 2 is 1.89 bits per heavy atom. The van der Waals surface area contributed by atoms with Crippen molar-refractivity contribution in [3.8, 4) is 11.1 Å². The number of nitrogens with zero attached hydrogens (tertiary/aromatic N) is 2. The van der Waals surface area contributed by atoms with Gasteiger partial charge >= 0.3 is 6.18 Å². The fourth-order valence-corrected chi connectivity index (χ4v) is 5.17. The molecule has 1 aliphatic heterocycles. The third kappa shape index (κ3) is 5.19. The van der Waals surface area contributed by atoms with Gasteiger partial charge in [-0.15, -0.1) is 12.4 Å². The lowest BCUT2D eigenvalue weighted by molar-refractivity contribution is -0.137. The van der Waals surface area contributed by atoms with E-state index in [0.29, 0.717) is 36.4 Å². The monoisotopic (exact) mass is 507 g/mol. The summed E-state index contributed by atoms with van der Waals surface area (Å²) in [4.78, 5) is 14.0. The number of oxime groups is 1. The van der Waals surface area contributed by atoms with Crippen molar-refractivity contribution in [3.05, 3.63) is 53.3 Å². The van der Waals surface area contributed by atoms with Gasteiger partial charge in [-0.3, -0.25) is 0 Å². The summed E-state index contributed by atoms with van der Waals surface area (Å²) in [6.45, 7) is 0.561. The Morgan fingerprint density at radius 1 is 1.11 bits per heavy atom. The van der Waals surface area contributed by atoms with Crippen molar-refractivity contribution in [3.63, 3.8) is 0 Å². The first-order valence-electron chi connectivity index (χ1n) is 11.8. The maximum Gasteiger partial charge on any atom is 0.417 e. The second kappa shape index (κ2) is 10.2. The molecule has 2 aliphatic rings. The fraction of sp³-hybridized carbons (Fsp3) is 0.462. The van der Waals surface area contributed by atoms with Gasteiger partial charge in [0.15, 0.2) is 5.82 Å². The van der Waals surface area contributed by atoms with Crippen LogP contribution in [0.3, 0.4) is 0 Å². The number of alkyl halides is 3. The molecule has 0 bridgehead atoms. The molecule has 0 atom stereocenters. The van der Waals surface area contributed by atoms with E-state index in [-0.39, 0.29) is 23.6 Å². The summed E-state index contributed by atoms with van der Waals surface area (Å²) in [6, 6.07) is 9.26. The molecule has 1 saturated carbocycles. The molecule has 1 aromatic heterocycles. The molecule has 0 saturated heterocycles. The number of halogens is 4. The predicted molar refractivity (Wildman–Crippen MR) is 132 cm³/mol. The van der Waals surface area contributed by atoms with Crippen LogP contribution in [0, 0.1) is 0 Å². The SMILES string of the molecule is COCCCc1cc(-c2ccccc2C(F)(F)F)cc2[nH]c(C3=NOC4(CCCCC4)C3)nc12.Cl. The van der Waals surface area contributed by atoms with E-state index in [1.165, 1.54) is 18.6 Å². The first-order chi connectivity index (χ1) is 16.4. The molecule has 0 unspecified atom stereocenters. The molecule has 0 radical (unpaired) electrons. The minimum Gasteiger partial charge on any atom is -0.388 e. The minimum atomic E-state index is -4.44. The Hall–Kier alpha value is -2.58. The molecular formula is C26H29ClF3N3O2. The molecule has 1 N–H and O–H groups in total. The zero-order valence-electron chi connectivity index (χ0n) is 19.6. The standard InChI is InChI=1S/C26H28F3N3O2.ClH/c1-33-13-7-8-17-14-18(19-9-3-4-10-20(19)26(27,28)29)15-21-23(17)31-24(30-21)22-16-25(34-32-22)11-5-2-6-12-25;/h3-4,9-10,14-15H,2,5-8,11-13,16H2,1H3,(H,30,31);1H. The predicted octanol–water partition coefficient (Wildman–Crippen LogP) is 7.08. The van der Waals surface area contributed by atoms with Crippen molar-refractivity contribution in [1.29, 1.82) is 0 Å². The highest BCUT2D eigenvalue weighted by molar-refractivity contribution is 6.01. The molecule has 2 aromatic carbocycles. The van der Waals surface area contributed by atoms with Crippen LogP contribution < -0.4 is 0 Å². The third-order valence-corrected chi connectivity index (χ3v) is 6.88. The number of aromatic nitrogens is 2. The summed E-state index contributed by atoms with van der Waals surface area (Å²) in [5.41, 5.74) is 2.90. The first-order valence-corrected chi connectivity index (χ1v) is 11.8. The number of fused-ring (bicyclic) bond motifs is 1. The summed E-state index contributed by atoms with van der Waals surface area (Å²) in [5, 5.41) is 4.36. The van der Waals surface area contributed by atoms with Gasteiger partial charge in [-0.1, -0.05) is 29.8 Å². The Bertz CT molecular complexity index is 1220. The second-order valence-corrected chi connectivity index (χ2v) is 9.31. The van der Waals surface area contributed by atoms with E-state index < -0.39 is 11.7 Å². The van der Waals surface area contributed by atoms with E-state index in [1.54, 1.807) is 19.2 Å². The van der Waals surface area contributed by atoms with Crippen LogP contribution in [0.1, 0.15) is 61.9 Å². The molecule has 5 nitrogen and oxygen atoms in total. The molecule has 3 aromatic rings. The summed E-state index contributed by atoms with van der Waals surface area (Å²) in [5.74, 6) is 0.631. The summed E-state index contributed by atoms with van der Waals surface area (Å²) >= 11 is 0. The van der Waals surface area contributed by atoms with Gasteiger partial charge in [-0.2, -0.15) is 13.2 Å². The Morgan fingerprint density at radius 3 is 2.63 bits per heavy atom. The molecular weight excluding hydrogens is 479 g/mol. The van der Waals surface area contributed by atoms with Crippen molar-refractivity contribution in [2.75, 3.05) is 13.7 Å². The van der Waals surface area contributed by atoms with Gasteiger partial charge < -0.3 is 14.6 Å². The number of ether oxygens (including phenoxy) is 1. The van der Waals surface area contributed by atoms with E-state index in [0.717, 1.165) is 55.0 Å². The van der Waals surface area contributed by atoms with E-state index >= 15 is 0 Å². The zero-order chi connectivity index (χ0) is 23.8. The van der Waals surface area contributed by atoms with Crippen molar-refractivity contribution < 1.29 is 22.7 Å². The van der Waals surface area contributed by atoms with Crippen LogP contribution in [0.4, 0.5) is 13.2 Å². The van der Waals surface area contributed by atoms with Gasteiger partial charge in [-0.25, -0.2) is 4.98 Å². The average molecular weight is 508 g/mol. The minimum absolute atomic E-state index is 0. The van der Waals surface area contributed by atoms with Gasteiger partial charge in [0.05, 0.1) is 16.6 Å². The average Bonchev–Trinajstić information content (AvgIpc) is 3.44. The van der Waals surface area contributed by atoms with E-state index in [4.69, 9.17) is 14.6 Å². The molecule has 5 rings (SSSR count). The van der Waals surface area contributed by atoms with Gasteiger partial charge in [0.2, 0.25) is 0 Å². The highest BCUT2D eigenvalue weighted by Gasteiger charge is 2.41. The van der Waals surface area contributed by atoms with Crippen molar-refractivity contribution in [2.45, 2.75) is 63.1 Å². The van der Waals surface area contributed by atoms with Crippen LogP contribution >= 0.6 is 12.4 Å². The first kappa shape index (κ1) is 25.5. The number of methoxy groups -OCH3 is 1. The third-order valence-electron chi connectivity index (χ3n) is 6.88. The number of H-pyrrole nitrogens is 1. The fourth-order valence-electron chi connectivity index (χ4n) is 5.17. The quantitative estimate of drug-likeness (QED) is 0.363. The number of benzene rings is 2. The lowest BCUT2D eigenvalue weighted by Gasteiger charge is -2.30. The molecule has 1 spiro atoms. The van der Waals surface area contributed by atoms with E-state index in [9.17, 15) is 13.2 Å². The van der Waals surface area contributed by atoms with Crippen LogP contribution in [0.2, 0.25) is 0 Å². The van der Waals surface area contributed by atoms with Crippen LogP contribution in [0.5, 0.6) is 0 Å². The Balaban J connectivity index is 0.00000289. The zero-order valence-corrected chi connectivity index (χ0v) is 20.4. The summed E-state index contributed by atoms with van der Waals surface area (Å²) in [7, 11) is 1.64. The molecule has 1 fully saturated rings. The molecule has 35 heavy (non-hydrogen) atoms. The van der Waals surface area contributed by atoms with Crippen LogP contribution in [-0.4, -0.2) is 35.0 Å². The maximum atomic E-state index is 13.7. The van der Waals surface area contributed by atoms with Crippen LogP contribution in [0.15, 0.2) is 41.6 Å². The summed E-state index contributed by atoms with van der Waals surface area (Å²) < 4.78 is 46.3. The number of hydrogen-bond donors (Lipinski definition) is 1. The lowest BCUT2D eigenvalue weighted by atomic mass is 9.81. The van der Waals surface area contributed by atoms with Crippen LogP contribution in [-0.2, 0) is 22.2 Å². The molecule has 9 heteroatoms. The normalized spacial score (nSPS) is 17.3. The van der Waals surface area contributed by atoms with Crippen molar-refractivity contribution >= 4 is 29.2 Å². The van der Waals surface area contributed by atoms with Gasteiger partial charge in [0.1, 0.15) is 11.3 Å². The Kier molecular flexibility index (Phi) is 7.43. The van der Waals surface area contributed by atoms with E-state index in [1.807, 2.05) is 6.07 Å². The molecule has 1 aliphatic carbocycles. The number of nitrogens with one attached hydrogen (secondary N) is 1. The van der Waals surface area contributed by atoms with Gasteiger partial charge in [0.25, 0.3) is 0 Å². The number of rotatable bonds is 6. The smallest absolute Gasteiger partial charge is 0.388 e. The van der Waals surface area contributed by atoms with Gasteiger partial charge in [0, 0.05) is 20.1 Å². The molecule has 2 heterocycles. The highest BCUT2D eigenvalue weighted by Crippen LogP contribution is 2.41.